The summed E-state index contributed by atoms with van der Waals surface area (Å²) < 4.78 is 9.15. The van der Waals surface area contributed by atoms with Gasteiger partial charge in [-0.05, 0) is 41.5 Å². The minimum absolute atomic E-state index is 0.565. The normalized spacial score (nSPS) is 11.8. The molecule has 0 saturated heterocycles. The molecule has 10 aromatic rings. The van der Waals surface area contributed by atoms with Crippen LogP contribution in [0.2, 0.25) is 0 Å². The Morgan fingerprint density at radius 1 is 0.458 bits per heavy atom. The van der Waals surface area contributed by atoms with Gasteiger partial charge >= 0.3 is 0 Å². The van der Waals surface area contributed by atoms with Crippen LogP contribution >= 0.6 is 11.3 Å². The van der Waals surface area contributed by atoms with Crippen molar-refractivity contribution in [1.29, 1.82) is 0 Å². The van der Waals surface area contributed by atoms with Crippen LogP contribution in [0.1, 0.15) is 0 Å². The number of pyridine rings is 1. The van der Waals surface area contributed by atoms with E-state index in [1.165, 1.54) is 20.2 Å². The first-order chi connectivity index (χ1) is 23.8. The summed E-state index contributed by atoms with van der Waals surface area (Å²) in [6, 6.07) is 49.8. The first-order valence-corrected chi connectivity index (χ1v) is 16.6. The Bertz CT molecular complexity index is 2780. The van der Waals surface area contributed by atoms with Crippen molar-refractivity contribution in [2.45, 2.75) is 0 Å². The molecule has 224 valence electrons. The maximum Gasteiger partial charge on any atom is 0.164 e. The summed E-state index contributed by atoms with van der Waals surface area (Å²) in [5.41, 5.74) is 8.00. The quantitative estimate of drug-likeness (QED) is 0.193. The molecule has 48 heavy (non-hydrogen) atoms. The van der Waals surface area contributed by atoms with Crippen LogP contribution in [-0.2, 0) is 0 Å². The van der Waals surface area contributed by atoms with E-state index in [4.69, 9.17) is 24.4 Å². The SMILES string of the molecule is c1ccc(-c2nc(-c3ccccc3)nc(-c3cc(-c4cccc5c4sc4ccccc45)cc4oc5cc6ccccc6nc5c34)n2)cc1. The van der Waals surface area contributed by atoms with Gasteiger partial charge < -0.3 is 4.42 Å². The lowest BCUT2D eigenvalue weighted by Gasteiger charge is -2.11. The highest BCUT2D eigenvalue weighted by molar-refractivity contribution is 7.26. The molecule has 4 aromatic heterocycles. The number of hydrogen-bond donors (Lipinski definition) is 0. The molecule has 0 fully saturated rings. The zero-order chi connectivity index (χ0) is 31.6. The number of rotatable bonds is 4. The highest BCUT2D eigenvalue weighted by Gasteiger charge is 2.22. The average Bonchev–Trinajstić information content (AvgIpc) is 3.72. The highest BCUT2D eigenvalue weighted by atomic mass is 32.1. The smallest absolute Gasteiger partial charge is 0.164 e. The van der Waals surface area contributed by atoms with Crippen LogP contribution < -0.4 is 0 Å². The van der Waals surface area contributed by atoms with Crippen LogP contribution in [0.4, 0.5) is 0 Å². The van der Waals surface area contributed by atoms with Gasteiger partial charge in [-0.15, -0.1) is 11.3 Å². The van der Waals surface area contributed by atoms with Gasteiger partial charge in [0, 0.05) is 42.2 Å². The molecule has 5 nitrogen and oxygen atoms in total. The zero-order valence-corrected chi connectivity index (χ0v) is 26.3. The molecule has 6 aromatic carbocycles. The standard InChI is InChI=1S/C42H24N4OS/c1-3-12-25(13-4-1)40-44-41(26-14-5-2-6-15-26)46-42(45-40)32-22-28(29-18-11-19-31-30-17-8-10-21-36(30)48-39(29)31)24-34-37(32)38-35(47-34)23-27-16-7-9-20-33(27)43-38/h1-24H. The third-order valence-electron chi connectivity index (χ3n) is 8.90. The topological polar surface area (TPSA) is 64.7 Å². The Hall–Kier alpha value is -6.24. The van der Waals surface area contributed by atoms with Crippen molar-refractivity contribution < 1.29 is 4.42 Å². The highest BCUT2D eigenvalue weighted by Crippen LogP contribution is 2.44. The van der Waals surface area contributed by atoms with Gasteiger partial charge in [0.2, 0.25) is 0 Å². The second kappa shape index (κ2) is 10.7. The van der Waals surface area contributed by atoms with Gasteiger partial charge in [0.1, 0.15) is 11.1 Å². The molecule has 4 heterocycles. The van der Waals surface area contributed by atoms with E-state index in [0.29, 0.717) is 17.5 Å². The summed E-state index contributed by atoms with van der Waals surface area (Å²) in [6.45, 7) is 0. The van der Waals surface area contributed by atoms with Gasteiger partial charge in [-0.3, -0.25) is 0 Å². The van der Waals surface area contributed by atoms with E-state index < -0.39 is 0 Å². The summed E-state index contributed by atoms with van der Waals surface area (Å²) >= 11 is 1.81. The molecule has 0 aliphatic rings. The molecule has 0 atom stereocenters. The Morgan fingerprint density at radius 3 is 1.92 bits per heavy atom. The van der Waals surface area contributed by atoms with E-state index in [2.05, 4.69) is 66.7 Å². The third-order valence-corrected chi connectivity index (χ3v) is 10.1. The molecule has 0 spiro atoms. The van der Waals surface area contributed by atoms with Crippen LogP contribution in [0.15, 0.2) is 150 Å². The molecule has 0 aliphatic heterocycles. The number of para-hydroxylation sites is 1. The molecular formula is C42H24N4OS. The molecule has 0 radical (unpaired) electrons. The van der Waals surface area contributed by atoms with Gasteiger partial charge in [-0.2, -0.15) is 0 Å². The van der Waals surface area contributed by atoms with Crippen LogP contribution in [0.5, 0.6) is 0 Å². The van der Waals surface area contributed by atoms with Crippen molar-refractivity contribution in [2.24, 2.45) is 0 Å². The van der Waals surface area contributed by atoms with Crippen molar-refractivity contribution in [3.8, 4) is 45.3 Å². The summed E-state index contributed by atoms with van der Waals surface area (Å²) in [5.74, 6) is 1.78. The maximum atomic E-state index is 6.66. The molecule has 6 heteroatoms. The molecule has 0 unspecified atom stereocenters. The fourth-order valence-corrected chi connectivity index (χ4v) is 7.89. The number of nitrogens with zero attached hydrogens (tertiary/aromatic N) is 4. The molecule has 10 rings (SSSR count). The maximum absolute atomic E-state index is 6.66. The first kappa shape index (κ1) is 26.9. The minimum Gasteiger partial charge on any atom is -0.454 e. The second-order valence-electron chi connectivity index (χ2n) is 11.8. The second-order valence-corrected chi connectivity index (χ2v) is 12.9. The van der Waals surface area contributed by atoms with Crippen LogP contribution in [0.25, 0.3) is 98.4 Å². The van der Waals surface area contributed by atoms with E-state index >= 15 is 0 Å². The number of hydrogen-bond acceptors (Lipinski definition) is 6. The number of aromatic nitrogens is 4. The van der Waals surface area contributed by atoms with E-state index in [-0.39, 0.29) is 0 Å². The summed E-state index contributed by atoms with van der Waals surface area (Å²) in [7, 11) is 0. The summed E-state index contributed by atoms with van der Waals surface area (Å²) in [4.78, 5) is 20.4. The predicted octanol–water partition coefficient (Wildman–Crippen LogP) is 11.4. The Balaban J connectivity index is 1.31. The fraction of sp³-hybridized carbons (Fsp3) is 0. The Labute approximate surface area is 278 Å². The van der Waals surface area contributed by atoms with Crippen molar-refractivity contribution in [3.63, 3.8) is 0 Å². The van der Waals surface area contributed by atoms with Crippen molar-refractivity contribution in [3.05, 3.63) is 146 Å². The van der Waals surface area contributed by atoms with Crippen LogP contribution in [0.3, 0.4) is 0 Å². The van der Waals surface area contributed by atoms with E-state index in [9.17, 15) is 0 Å². The predicted molar refractivity (Wildman–Crippen MR) is 197 cm³/mol. The molecule has 0 saturated carbocycles. The number of thiophene rings is 1. The number of fused-ring (bicyclic) bond motifs is 7. The molecule has 0 bridgehead atoms. The van der Waals surface area contributed by atoms with Gasteiger partial charge in [-0.1, -0.05) is 115 Å². The Morgan fingerprint density at radius 2 is 1.12 bits per heavy atom. The van der Waals surface area contributed by atoms with Gasteiger partial charge in [0.05, 0.1) is 10.9 Å². The lowest BCUT2D eigenvalue weighted by molar-refractivity contribution is 0.669. The summed E-state index contributed by atoms with van der Waals surface area (Å²) in [5, 5.41) is 4.41. The lowest BCUT2D eigenvalue weighted by atomic mass is 9.97. The zero-order valence-electron chi connectivity index (χ0n) is 25.5. The van der Waals surface area contributed by atoms with E-state index in [1.807, 2.05) is 90.2 Å². The van der Waals surface area contributed by atoms with Crippen molar-refractivity contribution >= 4 is 64.5 Å². The monoisotopic (exact) mass is 632 g/mol. The number of furan rings is 1. The largest absolute Gasteiger partial charge is 0.454 e. The third kappa shape index (κ3) is 4.31. The molecule has 0 N–H and O–H groups in total. The van der Waals surface area contributed by atoms with Crippen molar-refractivity contribution in [1.82, 2.24) is 19.9 Å². The van der Waals surface area contributed by atoms with Gasteiger partial charge in [-0.25, -0.2) is 19.9 Å². The number of benzene rings is 6. The fourth-order valence-electron chi connectivity index (χ4n) is 6.65. The first-order valence-electron chi connectivity index (χ1n) is 15.8. The molecular weight excluding hydrogens is 609 g/mol. The minimum atomic E-state index is 0.565. The summed E-state index contributed by atoms with van der Waals surface area (Å²) in [6.07, 6.45) is 0. The van der Waals surface area contributed by atoms with Crippen LogP contribution in [-0.4, -0.2) is 19.9 Å². The Kier molecular flexibility index (Phi) is 5.98. The molecule has 0 amide bonds. The molecule has 0 aliphatic carbocycles. The van der Waals surface area contributed by atoms with Crippen LogP contribution in [0, 0.1) is 0 Å². The van der Waals surface area contributed by atoms with Gasteiger partial charge in [0.25, 0.3) is 0 Å². The lowest BCUT2D eigenvalue weighted by Crippen LogP contribution is -2.00. The average molecular weight is 633 g/mol. The van der Waals surface area contributed by atoms with E-state index in [1.54, 1.807) is 0 Å². The van der Waals surface area contributed by atoms with E-state index in [0.717, 1.165) is 60.8 Å². The van der Waals surface area contributed by atoms with Gasteiger partial charge in [0.15, 0.2) is 23.1 Å². The van der Waals surface area contributed by atoms with Crippen molar-refractivity contribution in [2.75, 3.05) is 0 Å².